The second-order valence-corrected chi connectivity index (χ2v) is 4.91. The first-order valence-corrected chi connectivity index (χ1v) is 7.51. The molecule has 0 saturated heterocycles. The van der Waals surface area contributed by atoms with Crippen LogP contribution in [0.3, 0.4) is 0 Å². The number of ketones is 1. The van der Waals surface area contributed by atoms with E-state index in [0.29, 0.717) is 19.3 Å². The van der Waals surface area contributed by atoms with Crippen molar-refractivity contribution in [1.29, 1.82) is 0 Å². The van der Waals surface area contributed by atoms with E-state index < -0.39 is 51.2 Å². The van der Waals surface area contributed by atoms with Gasteiger partial charge in [-0.15, -0.1) is 0 Å². The molecule has 0 unspecified atom stereocenters. The number of Topliss-reactive ketones (excluding diaryl/α,β-unsaturated/α-hetero) is 1. The molecule has 0 aliphatic heterocycles. The van der Waals surface area contributed by atoms with Crippen LogP contribution in [0.15, 0.2) is 0 Å². The molecule has 0 amide bonds. The standard InChI is InChI=1S/C18H37NO2/c1-2-3-4-5-6-7-8-9-10-11-12-13-14-15-18(21)17(19)16-20/h17,20H,2-16,19H2,1H3/t17-/m0/s1/i1D3,2D2,3D2,4D2,5D2,6D2. The molecular weight excluding hydrogens is 262 g/mol. The van der Waals surface area contributed by atoms with E-state index in [4.69, 9.17) is 28.7 Å². The van der Waals surface area contributed by atoms with Crippen LogP contribution in [-0.4, -0.2) is 23.5 Å². The summed E-state index contributed by atoms with van der Waals surface area (Å²) in [5, 5.41) is 8.81. The molecule has 0 fully saturated rings. The Kier molecular flexibility index (Phi) is 5.66. The number of rotatable bonds is 16. The maximum absolute atomic E-state index is 11.5. The van der Waals surface area contributed by atoms with Crippen molar-refractivity contribution < 1.29 is 27.7 Å². The van der Waals surface area contributed by atoms with Gasteiger partial charge in [0.05, 0.1) is 12.6 Å². The van der Waals surface area contributed by atoms with Crippen molar-refractivity contribution >= 4 is 5.78 Å². The van der Waals surface area contributed by atoms with Crippen molar-refractivity contribution in [2.75, 3.05) is 6.61 Å². The Balaban J connectivity index is 4.80. The SMILES string of the molecule is [2H]C([2H])([2H])C([2H])([2H])C([2H])([2H])C([2H])([2H])C([2H])([2H])C([2H])([2H])CCCCCCCCCC(=O)[C@@H](N)CO. The topological polar surface area (TPSA) is 63.3 Å². The van der Waals surface area contributed by atoms with Crippen LogP contribution >= 0.6 is 0 Å². The Bertz CT molecular complexity index is 650. The molecule has 0 bridgehead atoms. The predicted molar refractivity (Wildman–Crippen MR) is 90.4 cm³/mol. The molecule has 126 valence electrons. The van der Waals surface area contributed by atoms with Crippen molar-refractivity contribution in [1.82, 2.24) is 0 Å². The zero-order chi connectivity index (χ0) is 27.2. The summed E-state index contributed by atoms with van der Waals surface area (Å²) in [6.07, 6.45) is -13.7. The molecule has 0 saturated carbocycles. The van der Waals surface area contributed by atoms with Crippen LogP contribution in [0.25, 0.3) is 0 Å². The van der Waals surface area contributed by atoms with Gasteiger partial charge in [-0.1, -0.05) is 83.7 Å². The minimum atomic E-state index is -3.86. The van der Waals surface area contributed by atoms with Gasteiger partial charge in [0.2, 0.25) is 0 Å². The minimum Gasteiger partial charge on any atom is -0.394 e. The van der Waals surface area contributed by atoms with Crippen LogP contribution in [0.5, 0.6) is 0 Å². The summed E-state index contributed by atoms with van der Waals surface area (Å²) in [6.45, 7) is -3.98. The molecule has 21 heavy (non-hydrogen) atoms. The molecule has 0 heterocycles. The molecule has 0 aromatic rings. The van der Waals surface area contributed by atoms with Gasteiger partial charge < -0.3 is 10.8 Å². The van der Waals surface area contributed by atoms with Crippen LogP contribution in [0, 0.1) is 0 Å². The summed E-state index contributed by atoms with van der Waals surface area (Å²) in [4.78, 5) is 11.5. The molecule has 0 rings (SSSR count). The van der Waals surface area contributed by atoms with Crippen LogP contribution < -0.4 is 5.73 Å². The average molecular weight is 313 g/mol. The number of carbonyl (C=O) groups excluding carboxylic acids is 1. The van der Waals surface area contributed by atoms with Crippen molar-refractivity contribution in [3.8, 4) is 0 Å². The zero-order valence-electron chi connectivity index (χ0n) is 25.6. The second kappa shape index (κ2) is 16.0. The van der Waals surface area contributed by atoms with Crippen molar-refractivity contribution in [2.24, 2.45) is 5.73 Å². The van der Waals surface area contributed by atoms with Gasteiger partial charge in [0.1, 0.15) is 0 Å². The minimum absolute atomic E-state index is 0.168. The Morgan fingerprint density at radius 3 is 2.19 bits per heavy atom. The van der Waals surface area contributed by atoms with E-state index in [1.807, 2.05) is 0 Å². The molecule has 1 atom stereocenters. The molecular formula is C18H37NO2. The number of aliphatic hydroxyl groups excluding tert-OH is 1. The van der Waals surface area contributed by atoms with Gasteiger partial charge in [-0.3, -0.25) is 4.79 Å². The number of unbranched alkanes of at least 4 members (excludes halogenated alkanes) is 6. The van der Waals surface area contributed by atoms with E-state index in [2.05, 4.69) is 0 Å². The monoisotopic (exact) mass is 312 g/mol. The Morgan fingerprint density at radius 1 is 1.00 bits per heavy atom. The summed E-state index contributed by atoms with van der Waals surface area (Å²) in [7, 11) is 0. The summed E-state index contributed by atoms with van der Waals surface area (Å²) in [5.74, 6) is -0.199. The van der Waals surface area contributed by atoms with Gasteiger partial charge in [-0.25, -0.2) is 0 Å². The summed E-state index contributed by atoms with van der Waals surface area (Å²) < 4.78 is 100. The number of aliphatic hydroxyl groups is 1. The Hall–Kier alpha value is -0.410. The van der Waals surface area contributed by atoms with Crippen molar-refractivity contribution in [2.45, 2.75) is 103 Å². The number of carbonyl (C=O) groups is 1. The predicted octanol–water partition coefficient (Wildman–Crippen LogP) is 4.36. The molecule has 3 heteroatoms. The smallest absolute Gasteiger partial charge is 0.151 e. The third-order valence-corrected chi connectivity index (χ3v) is 3.11. The molecule has 0 spiro atoms. The summed E-state index contributed by atoms with van der Waals surface area (Å²) in [5.41, 5.74) is 5.42. The van der Waals surface area contributed by atoms with E-state index in [-0.39, 0.29) is 25.2 Å². The van der Waals surface area contributed by atoms with Crippen LogP contribution in [0.2, 0.25) is 0 Å². The first-order chi connectivity index (χ1) is 15.1. The summed E-state index contributed by atoms with van der Waals surface area (Å²) >= 11 is 0. The lowest BCUT2D eigenvalue weighted by Gasteiger charge is -2.06. The lowest BCUT2D eigenvalue weighted by molar-refractivity contribution is -0.121. The van der Waals surface area contributed by atoms with E-state index in [9.17, 15) is 4.79 Å². The Labute approximate surface area is 150 Å². The van der Waals surface area contributed by atoms with Crippen molar-refractivity contribution in [3.63, 3.8) is 0 Å². The highest BCUT2D eigenvalue weighted by atomic mass is 16.3. The molecule has 0 aliphatic rings. The van der Waals surface area contributed by atoms with E-state index in [1.54, 1.807) is 0 Å². The maximum atomic E-state index is 11.5. The normalized spacial score (nSPS) is 25.7. The van der Waals surface area contributed by atoms with Crippen LogP contribution in [0.1, 0.15) is 114 Å². The average Bonchev–Trinajstić information content (AvgIpc) is 2.70. The fraction of sp³-hybridized carbons (Fsp3) is 0.944. The lowest BCUT2D eigenvalue weighted by Crippen LogP contribution is -2.33. The molecule has 3 N–H and O–H groups in total. The highest BCUT2D eigenvalue weighted by molar-refractivity contribution is 5.83. The van der Waals surface area contributed by atoms with Crippen LogP contribution in [-0.2, 0) is 4.79 Å². The van der Waals surface area contributed by atoms with Crippen LogP contribution in [0.4, 0.5) is 0 Å². The number of hydrogen-bond donors (Lipinski definition) is 2. The maximum Gasteiger partial charge on any atom is 0.151 e. The summed E-state index contributed by atoms with van der Waals surface area (Å²) in [6, 6.07) is -0.857. The van der Waals surface area contributed by atoms with Gasteiger partial charge in [-0.05, 0) is 6.42 Å². The highest BCUT2D eigenvalue weighted by Crippen LogP contribution is 2.13. The highest BCUT2D eigenvalue weighted by Gasteiger charge is 2.10. The molecule has 0 aromatic heterocycles. The third-order valence-electron chi connectivity index (χ3n) is 3.11. The molecule has 0 radical (unpaired) electrons. The lowest BCUT2D eigenvalue weighted by atomic mass is 10.0. The fourth-order valence-electron chi connectivity index (χ4n) is 1.85. The van der Waals surface area contributed by atoms with Gasteiger partial charge in [0.25, 0.3) is 0 Å². The van der Waals surface area contributed by atoms with E-state index in [1.165, 1.54) is 0 Å². The number of hydrogen-bond acceptors (Lipinski definition) is 3. The first kappa shape index (κ1) is 7.44. The fourth-order valence-corrected chi connectivity index (χ4v) is 1.85. The van der Waals surface area contributed by atoms with Gasteiger partial charge >= 0.3 is 0 Å². The Morgan fingerprint density at radius 2 is 1.57 bits per heavy atom. The molecule has 0 aliphatic carbocycles. The van der Waals surface area contributed by atoms with Gasteiger partial charge in [-0.2, -0.15) is 0 Å². The van der Waals surface area contributed by atoms with Crippen molar-refractivity contribution in [3.05, 3.63) is 0 Å². The third kappa shape index (κ3) is 14.3. The molecule has 0 aromatic carbocycles. The zero-order valence-corrected chi connectivity index (χ0v) is 12.6. The quantitative estimate of drug-likeness (QED) is 0.416. The second-order valence-electron chi connectivity index (χ2n) is 4.91. The van der Waals surface area contributed by atoms with Gasteiger partial charge in [0.15, 0.2) is 5.78 Å². The van der Waals surface area contributed by atoms with E-state index >= 15 is 0 Å². The molecule has 3 nitrogen and oxygen atoms in total. The first-order valence-electron chi connectivity index (χ1n) is 14.0. The van der Waals surface area contributed by atoms with E-state index in [0.717, 1.165) is 19.3 Å². The van der Waals surface area contributed by atoms with Gasteiger partial charge in [0, 0.05) is 24.2 Å². The largest absolute Gasteiger partial charge is 0.394 e. The number of nitrogens with two attached hydrogens (primary N) is 1.